The zero-order chi connectivity index (χ0) is 27.5. The van der Waals surface area contributed by atoms with Crippen LogP contribution in [0.25, 0.3) is 0 Å². The van der Waals surface area contributed by atoms with Crippen molar-refractivity contribution in [2.45, 2.75) is 62.2 Å². The third-order valence-electron chi connectivity index (χ3n) is 7.13. The molecule has 1 fully saturated rings. The maximum absolute atomic E-state index is 11.7. The lowest BCUT2D eigenvalue weighted by atomic mass is 9.75. The molecule has 0 heterocycles. The van der Waals surface area contributed by atoms with Gasteiger partial charge in [0.05, 0.1) is 45.7 Å². The van der Waals surface area contributed by atoms with E-state index in [1.807, 2.05) is 91.0 Å². The Labute approximate surface area is 229 Å². The molecule has 3 aromatic rings. The molecule has 0 amide bonds. The summed E-state index contributed by atoms with van der Waals surface area (Å²) < 4.78 is 19.3. The Balaban J connectivity index is 1.66. The first-order valence-corrected chi connectivity index (χ1v) is 13.3. The number of benzene rings is 3. The van der Waals surface area contributed by atoms with Crippen molar-refractivity contribution in [2.75, 3.05) is 19.8 Å². The van der Waals surface area contributed by atoms with E-state index in [2.05, 4.69) is 5.32 Å². The van der Waals surface area contributed by atoms with Crippen LogP contribution >= 0.6 is 0 Å². The number of rotatable bonds is 14. The molecule has 0 aliphatic heterocycles. The van der Waals surface area contributed by atoms with Crippen molar-refractivity contribution in [1.29, 1.82) is 0 Å². The number of hydrogen-bond acceptors (Lipinski definition) is 8. The van der Waals surface area contributed by atoms with Crippen molar-refractivity contribution >= 4 is 0 Å². The average Bonchev–Trinajstić information content (AvgIpc) is 2.99. The highest BCUT2D eigenvalue weighted by molar-refractivity contribution is 5.17. The second-order valence-electron chi connectivity index (χ2n) is 10.0. The van der Waals surface area contributed by atoms with Crippen LogP contribution < -0.4 is 5.32 Å². The second kappa shape index (κ2) is 14.6. The van der Waals surface area contributed by atoms with E-state index < -0.39 is 42.6 Å². The Kier molecular flexibility index (Phi) is 11.0. The minimum atomic E-state index is -1.67. The van der Waals surface area contributed by atoms with Crippen LogP contribution in [0.2, 0.25) is 0 Å². The van der Waals surface area contributed by atoms with E-state index in [4.69, 9.17) is 14.2 Å². The van der Waals surface area contributed by atoms with Gasteiger partial charge in [-0.25, -0.2) is 0 Å². The summed E-state index contributed by atoms with van der Waals surface area (Å²) in [6.07, 6.45) is -2.29. The number of hydrogen-bond donors (Lipinski definition) is 5. The molecule has 8 heteroatoms. The molecule has 0 radical (unpaired) electrons. The van der Waals surface area contributed by atoms with Gasteiger partial charge in [0.25, 0.3) is 0 Å². The normalized spacial score (nSPS) is 25.2. The predicted octanol–water partition coefficient (Wildman–Crippen LogP) is 2.18. The van der Waals surface area contributed by atoms with Crippen molar-refractivity contribution in [3.63, 3.8) is 0 Å². The van der Waals surface area contributed by atoms with Gasteiger partial charge in [-0.05, 0) is 23.1 Å². The van der Waals surface area contributed by atoms with Crippen molar-refractivity contribution in [3.05, 3.63) is 108 Å². The van der Waals surface area contributed by atoms with Crippen LogP contribution in [-0.4, -0.2) is 76.2 Å². The van der Waals surface area contributed by atoms with E-state index in [1.54, 1.807) is 0 Å². The van der Waals surface area contributed by atoms with Crippen LogP contribution in [0.5, 0.6) is 0 Å². The Bertz CT molecular complexity index is 1080. The fourth-order valence-electron chi connectivity index (χ4n) is 5.03. The molecule has 0 spiro atoms. The topological polar surface area (TPSA) is 121 Å². The van der Waals surface area contributed by atoms with Gasteiger partial charge in [-0.15, -0.1) is 0 Å². The lowest BCUT2D eigenvalue weighted by Crippen LogP contribution is -2.69. The van der Waals surface area contributed by atoms with Gasteiger partial charge >= 0.3 is 0 Å². The number of ether oxygens (including phenoxy) is 3. The molecule has 3 aromatic carbocycles. The summed E-state index contributed by atoms with van der Waals surface area (Å²) in [6.45, 7) is -0.457. The smallest absolute Gasteiger partial charge is 0.118 e. The maximum atomic E-state index is 11.7. The minimum absolute atomic E-state index is 0.0596. The molecular weight excluding hydrogens is 498 g/mol. The van der Waals surface area contributed by atoms with Gasteiger partial charge in [0.1, 0.15) is 23.9 Å². The van der Waals surface area contributed by atoms with Gasteiger partial charge in [0.2, 0.25) is 0 Å². The van der Waals surface area contributed by atoms with E-state index in [0.29, 0.717) is 0 Å². The van der Waals surface area contributed by atoms with Gasteiger partial charge in [0, 0.05) is 6.04 Å². The Morgan fingerprint density at radius 3 is 1.54 bits per heavy atom. The van der Waals surface area contributed by atoms with Crippen LogP contribution in [0.1, 0.15) is 23.1 Å². The van der Waals surface area contributed by atoms with Crippen LogP contribution in [0.15, 0.2) is 91.0 Å². The molecule has 5 atom stereocenters. The first-order chi connectivity index (χ1) is 19.1. The lowest BCUT2D eigenvalue weighted by Gasteiger charge is -2.50. The molecule has 210 valence electrons. The highest BCUT2D eigenvalue weighted by Gasteiger charge is 2.55. The van der Waals surface area contributed by atoms with Gasteiger partial charge < -0.3 is 40.0 Å². The minimum Gasteiger partial charge on any atom is -0.395 e. The molecule has 0 aromatic heterocycles. The van der Waals surface area contributed by atoms with Crippen molar-refractivity contribution in [1.82, 2.24) is 5.32 Å². The maximum Gasteiger partial charge on any atom is 0.118 e. The molecule has 1 unspecified atom stereocenters. The zero-order valence-electron chi connectivity index (χ0n) is 22.0. The van der Waals surface area contributed by atoms with E-state index in [1.165, 1.54) is 0 Å². The van der Waals surface area contributed by atoms with Crippen LogP contribution in [0, 0.1) is 0 Å². The first-order valence-electron chi connectivity index (χ1n) is 13.3. The van der Waals surface area contributed by atoms with Gasteiger partial charge in [-0.2, -0.15) is 0 Å². The Hall–Kier alpha value is -2.66. The van der Waals surface area contributed by atoms with Crippen LogP contribution in [0.4, 0.5) is 0 Å². The largest absolute Gasteiger partial charge is 0.395 e. The van der Waals surface area contributed by atoms with E-state index in [9.17, 15) is 20.4 Å². The zero-order valence-corrected chi connectivity index (χ0v) is 22.0. The monoisotopic (exact) mass is 537 g/mol. The molecule has 39 heavy (non-hydrogen) atoms. The molecule has 5 N–H and O–H groups in total. The van der Waals surface area contributed by atoms with Gasteiger partial charge in [-0.3, -0.25) is 0 Å². The average molecular weight is 538 g/mol. The number of aliphatic hydroxyl groups excluding tert-OH is 3. The third-order valence-corrected chi connectivity index (χ3v) is 7.13. The standard InChI is InChI=1S/C31H39NO7/c33-17-26(18-34)32-27-16-31(36,22-35)30(39-21-25-14-8-3-9-15-25)29(38-20-24-12-6-2-7-13-24)28(27)37-19-23-10-4-1-5-11-23/h1-15,26-30,32-36H,16-22H2/t27-,28-,29?,30-,31-/m0/s1. The van der Waals surface area contributed by atoms with Gasteiger partial charge in [-0.1, -0.05) is 91.0 Å². The Morgan fingerprint density at radius 2 is 1.10 bits per heavy atom. The van der Waals surface area contributed by atoms with Gasteiger partial charge in [0.15, 0.2) is 0 Å². The third kappa shape index (κ3) is 7.94. The van der Waals surface area contributed by atoms with Crippen LogP contribution in [-0.2, 0) is 34.0 Å². The summed E-state index contributed by atoms with van der Waals surface area (Å²) in [5.41, 5.74) is 1.15. The number of nitrogens with one attached hydrogen (secondary N) is 1. The SMILES string of the molecule is OCC(CO)N[C@H]1C[C@](O)(CO)[C@@H](OCc2ccccc2)C(OCc2ccccc2)[C@H]1OCc1ccccc1. The first kappa shape index (κ1) is 29.3. The molecule has 1 aliphatic carbocycles. The second-order valence-corrected chi connectivity index (χ2v) is 10.0. The van der Waals surface area contributed by atoms with Crippen molar-refractivity contribution in [3.8, 4) is 0 Å². The van der Waals surface area contributed by atoms with E-state index in [-0.39, 0.29) is 39.5 Å². The lowest BCUT2D eigenvalue weighted by molar-refractivity contribution is -0.252. The predicted molar refractivity (Wildman–Crippen MR) is 147 cm³/mol. The molecule has 0 saturated heterocycles. The fraction of sp³-hybridized carbons (Fsp3) is 0.419. The highest BCUT2D eigenvalue weighted by atomic mass is 16.6. The Morgan fingerprint density at radius 1 is 0.667 bits per heavy atom. The summed E-state index contributed by atoms with van der Waals surface area (Å²) in [5, 5.41) is 45.0. The summed E-state index contributed by atoms with van der Waals surface area (Å²) in [6, 6.07) is 27.8. The summed E-state index contributed by atoms with van der Waals surface area (Å²) in [5.74, 6) is 0. The highest BCUT2D eigenvalue weighted by Crippen LogP contribution is 2.36. The molecule has 1 aliphatic rings. The molecule has 8 nitrogen and oxygen atoms in total. The molecule has 4 rings (SSSR count). The van der Waals surface area contributed by atoms with Crippen LogP contribution in [0.3, 0.4) is 0 Å². The fourth-order valence-corrected chi connectivity index (χ4v) is 5.03. The van der Waals surface area contributed by atoms with Crippen molar-refractivity contribution in [2.24, 2.45) is 0 Å². The number of aliphatic hydroxyl groups is 4. The molecule has 0 bridgehead atoms. The summed E-state index contributed by atoms with van der Waals surface area (Å²) in [7, 11) is 0. The van der Waals surface area contributed by atoms with E-state index >= 15 is 0 Å². The molecule has 1 saturated carbocycles. The molecular formula is C31H39NO7. The van der Waals surface area contributed by atoms with E-state index in [0.717, 1.165) is 16.7 Å². The summed E-state index contributed by atoms with van der Waals surface area (Å²) in [4.78, 5) is 0. The van der Waals surface area contributed by atoms with Crippen molar-refractivity contribution < 1.29 is 34.6 Å². The summed E-state index contributed by atoms with van der Waals surface area (Å²) >= 11 is 0. The quantitative estimate of drug-likeness (QED) is 0.212.